The molecule has 1 heterocycles. The molecule has 0 spiro atoms. The van der Waals surface area contributed by atoms with E-state index < -0.39 is 0 Å². The van der Waals surface area contributed by atoms with E-state index in [9.17, 15) is 4.79 Å². The summed E-state index contributed by atoms with van der Waals surface area (Å²) in [5, 5.41) is 1.01. The van der Waals surface area contributed by atoms with Crippen molar-refractivity contribution in [1.29, 1.82) is 0 Å². The predicted molar refractivity (Wildman–Crippen MR) is 80.9 cm³/mol. The zero-order chi connectivity index (χ0) is 13.3. The summed E-state index contributed by atoms with van der Waals surface area (Å²) in [6.45, 7) is 0.886. The van der Waals surface area contributed by atoms with Crippen molar-refractivity contribution in [1.82, 2.24) is 9.13 Å². The Morgan fingerprint density at radius 3 is 2.42 bits per heavy atom. The lowest BCUT2D eigenvalue weighted by atomic mass is 9.82. The summed E-state index contributed by atoms with van der Waals surface area (Å²) in [5.74, 6) is 0. The molecule has 0 radical (unpaired) electrons. The third kappa shape index (κ3) is 2.83. The molecule has 1 aromatic heterocycles. The first-order chi connectivity index (χ1) is 9.24. The monoisotopic (exact) mass is 326 g/mol. The van der Waals surface area contributed by atoms with E-state index in [0.29, 0.717) is 6.04 Å². The van der Waals surface area contributed by atoms with Gasteiger partial charge in [-0.2, -0.15) is 0 Å². The minimum absolute atomic E-state index is 0.201. The molecule has 0 bridgehead atoms. The molecular formula is C15H23BrN2O. The average Bonchev–Trinajstić information content (AvgIpc) is 3.21. The van der Waals surface area contributed by atoms with E-state index in [4.69, 9.17) is 0 Å². The van der Waals surface area contributed by atoms with E-state index in [-0.39, 0.29) is 11.1 Å². The highest BCUT2D eigenvalue weighted by atomic mass is 79.9. The number of hydrogen-bond donors (Lipinski definition) is 0. The fourth-order valence-corrected chi connectivity index (χ4v) is 4.09. The number of nitrogens with zero attached hydrogens (tertiary/aromatic N) is 2. The molecule has 0 amide bonds. The normalized spacial score (nSPS) is 23.2. The van der Waals surface area contributed by atoms with E-state index in [1.807, 2.05) is 21.5 Å². The molecule has 2 saturated carbocycles. The van der Waals surface area contributed by atoms with Gasteiger partial charge in [0.2, 0.25) is 0 Å². The fraction of sp³-hybridized carbons (Fsp3) is 0.800. The third-order valence-electron chi connectivity index (χ3n) is 4.77. The molecule has 106 valence electrons. The molecule has 0 saturated heterocycles. The van der Waals surface area contributed by atoms with E-state index in [1.54, 1.807) is 0 Å². The van der Waals surface area contributed by atoms with Gasteiger partial charge in [0.05, 0.1) is 0 Å². The van der Waals surface area contributed by atoms with Crippen molar-refractivity contribution < 1.29 is 0 Å². The lowest BCUT2D eigenvalue weighted by Gasteiger charge is -2.30. The molecule has 0 aromatic carbocycles. The van der Waals surface area contributed by atoms with Crippen molar-refractivity contribution >= 4 is 15.9 Å². The smallest absolute Gasteiger partial charge is 0.299 e. The summed E-state index contributed by atoms with van der Waals surface area (Å²) in [6.07, 6.45) is 14.2. The molecule has 0 atom stereocenters. The molecule has 2 aliphatic rings. The molecule has 0 aliphatic heterocycles. The number of alkyl halides is 1. The van der Waals surface area contributed by atoms with Gasteiger partial charge in [0.15, 0.2) is 0 Å². The maximum Gasteiger partial charge on any atom is 0.328 e. The van der Waals surface area contributed by atoms with Gasteiger partial charge in [-0.3, -0.25) is 9.13 Å². The molecule has 19 heavy (non-hydrogen) atoms. The highest BCUT2D eigenvalue weighted by Gasteiger charge is 2.32. The van der Waals surface area contributed by atoms with Gasteiger partial charge in [0.25, 0.3) is 0 Å². The first-order valence-electron chi connectivity index (χ1n) is 7.57. The molecule has 2 aliphatic carbocycles. The molecule has 2 fully saturated rings. The Balaban J connectivity index is 1.79. The second kappa shape index (κ2) is 5.47. The van der Waals surface area contributed by atoms with Crippen molar-refractivity contribution in [3.8, 4) is 0 Å². The first kappa shape index (κ1) is 13.5. The summed E-state index contributed by atoms with van der Waals surface area (Å²) in [5.41, 5.74) is 0.489. The quantitative estimate of drug-likeness (QED) is 0.612. The number of aromatic nitrogens is 2. The van der Waals surface area contributed by atoms with Gasteiger partial charge in [-0.1, -0.05) is 41.6 Å². The van der Waals surface area contributed by atoms with Crippen LogP contribution in [0.5, 0.6) is 0 Å². The van der Waals surface area contributed by atoms with E-state index in [1.165, 1.54) is 51.4 Å². The topological polar surface area (TPSA) is 26.9 Å². The summed E-state index contributed by atoms with van der Waals surface area (Å²) in [4.78, 5) is 12.4. The second-order valence-corrected chi connectivity index (χ2v) is 6.96. The highest BCUT2D eigenvalue weighted by Crippen LogP contribution is 2.38. The number of hydrogen-bond acceptors (Lipinski definition) is 1. The third-order valence-corrected chi connectivity index (χ3v) is 5.96. The van der Waals surface area contributed by atoms with Gasteiger partial charge in [-0.25, -0.2) is 4.79 Å². The summed E-state index contributed by atoms with van der Waals surface area (Å²) >= 11 is 3.71. The van der Waals surface area contributed by atoms with Gasteiger partial charge in [-0.15, -0.1) is 0 Å². The van der Waals surface area contributed by atoms with Crippen LogP contribution in [0.3, 0.4) is 0 Å². The summed E-state index contributed by atoms with van der Waals surface area (Å²) < 4.78 is 3.88. The molecule has 3 rings (SSSR count). The minimum atomic E-state index is 0.201. The van der Waals surface area contributed by atoms with Crippen LogP contribution in [0.1, 0.15) is 57.4 Å². The van der Waals surface area contributed by atoms with Gasteiger partial charge in [0, 0.05) is 30.3 Å². The van der Waals surface area contributed by atoms with Crippen LogP contribution in [0, 0.1) is 5.41 Å². The maximum atomic E-state index is 12.4. The standard InChI is InChI=1S/C15H23BrN2O/c16-11-15(7-3-1-2-4-8-15)12-17-9-10-18(14(17)19)13-5-6-13/h9-10,13H,1-8,11-12H2. The van der Waals surface area contributed by atoms with Crippen molar-refractivity contribution in [2.75, 3.05) is 5.33 Å². The molecular weight excluding hydrogens is 304 g/mol. The van der Waals surface area contributed by atoms with Crippen LogP contribution in [-0.4, -0.2) is 14.5 Å². The first-order valence-corrected chi connectivity index (χ1v) is 8.69. The van der Waals surface area contributed by atoms with Crippen molar-refractivity contribution in [2.24, 2.45) is 5.41 Å². The minimum Gasteiger partial charge on any atom is -0.299 e. The zero-order valence-corrected chi connectivity index (χ0v) is 13.1. The summed E-state index contributed by atoms with van der Waals surface area (Å²) in [7, 11) is 0. The maximum absolute atomic E-state index is 12.4. The lowest BCUT2D eigenvalue weighted by molar-refractivity contribution is 0.239. The lowest BCUT2D eigenvalue weighted by Crippen LogP contribution is -2.34. The van der Waals surface area contributed by atoms with Crippen LogP contribution in [0.2, 0.25) is 0 Å². The van der Waals surface area contributed by atoms with Gasteiger partial charge >= 0.3 is 5.69 Å². The van der Waals surface area contributed by atoms with Crippen LogP contribution in [-0.2, 0) is 6.54 Å². The van der Waals surface area contributed by atoms with Crippen LogP contribution < -0.4 is 5.69 Å². The van der Waals surface area contributed by atoms with Gasteiger partial charge in [0.1, 0.15) is 0 Å². The zero-order valence-electron chi connectivity index (χ0n) is 11.5. The SMILES string of the molecule is O=c1n(CC2(CBr)CCCCCC2)ccn1C1CC1. The number of rotatable bonds is 4. The summed E-state index contributed by atoms with van der Waals surface area (Å²) in [6, 6.07) is 0.489. The van der Waals surface area contributed by atoms with Crippen LogP contribution >= 0.6 is 15.9 Å². The molecule has 4 heteroatoms. The average molecular weight is 327 g/mol. The largest absolute Gasteiger partial charge is 0.328 e. The van der Waals surface area contributed by atoms with E-state index >= 15 is 0 Å². The Bertz CT molecular complexity index is 479. The fourth-order valence-electron chi connectivity index (χ4n) is 3.35. The Kier molecular flexibility index (Phi) is 3.88. The van der Waals surface area contributed by atoms with Crippen molar-refractivity contribution in [3.05, 3.63) is 22.9 Å². The Labute approximate surface area is 123 Å². The van der Waals surface area contributed by atoms with Gasteiger partial charge < -0.3 is 0 Å². The molecule has 3 nitrogen and oxygen atoms in total. The molecule has 1 aromatic rings. The predicted octanol–water partition coefficient (Wildman–Crippen LogP) is 3.72. The van der Waals surface area contributed by atoms with E-state index in [2.05, 4.69) is 15.9 Å². The molecule has 0 unspecified atom stereocenters. The van der Waals surface area contributed by atoms with Gasteiger partial charge in [-0.05, 0) is 31.1 Å². The van der Waals surface area contributed by atoms with Crippen molar-refractivity contribution in [2.45, 2.75) is 64.0 Å². The number of halogens is 1. The van der Waals surface area contributed by atoms with Crippen LogP contribution in [0.4, 0.5) is 0 Å². The number of imidazole rings is 1. The van der Waals surface area contributed by atoms with Crippen molar-refractivity contribution in [3.63, 3.8) is 0 Å². The Hall–Kier alpha value is -0.510. The Morgan fingerprint density at radius 1 is 1.16 bits per heavy atom. The van der Waals surface area contributed by atoms with E-state index in [0.717, 1.165) is 11.9 Å². The molecule has 0 N–H and O–H groups in total. The Morgan fingerprint density at radius 2 is 1.84 bits per heavy atom. The van der Waals surface area contributed by atoms with Crippen LogP contribution in [0.25, 0.3) is 0 Å². The highest BCUT2D eigenvalue weighted by molar-refractivity contribution is 9.09. The van der Waals surface area contributed by atoms with Crippen LogP contribution in [0.15, 0.2) is 17.2 Å². The second-order valence-electron chi connectivity index (χ2n) is 6.39.